The molecule has 168 valence electrons. The number of Topliss-reactive ketones (excluding diaryl/α,β-unsaturated/α-hetero) is 1. The van der Waals surface area contributed by atoms with Gasteiger partial charge >= 0.3 is 0 Å². The van der Waals surface area contributed by atoms with Crippen molar-refractivity contribution in [3.8, 4) is 5.75 Å². The Hall–Kier alpha value is -2.99. The van der Waals surface area contributed by atoms with E-state index in [1.165, 1.54) is 18.1 Å². The Morgan fingerprint density at radius 2 is 1.70 bits per heavy atom. The molecule has 5 nitrogen and oxygen atoms in total. The van der Waals surface area contributed by atoms with Crippen molar-refractivity contribution in [2.24, 2.45) is 0 Å². The fraction of sp³-hybridized carbons (Fsp3) is 0.120. The Bertz CT molecular complexity index is 1320. The van der Waals surface area contributed by atoms with Gasteiger partial charge in [0.25, 0.3) is 11.7 Å². The van der Waals surface area contributed by atoms with Crippen LogP contribution in [0.5, 0.6) is 5.75 Å². The zero-order valence-electron chi connectivity index (χ0n) is 17.6. The first kappa shape index (κ1) is 23.2. The van der Waals surface area contributed by atoms with Gasteiger partial charge in [0.15, 0.2) is 0 Å². The summed E-state index contributed by atoms with van der Waals surface area (Å²) in [5, 5.41) is 12.0. The normalized spacial score (nSPS) is 17.5. The Morgan fingerprint density at radius 1 is 0.939 bits per heavy atom. The number of amides is 1. The molecule has 1 saturated heterocycles. The summed E-state index contributed by atoms with van der Waals surface area (Å²) < 4.78 is 5.16. The van der Waals surface area contributed by atoms with E-state index >= 15 is 0 Å². The number of nitrogens with zero attached hydrogens (tertiary/aromatic N) is 1. The van der Waals surface area contributed by atoms with Gasteiger partial charge in [-0.2, -0.15) is 0 Å². The van der Waals surface area contributed by atoms with E-state index < -0.39 is 17.7 Å². The van der Waals surface area contributed by atoms with E-state index in [0.29, 0.717) is 22.0 Å². The van der Waals surface area contributed by atoms with E-state index in [2.05, 4.69) is 0 Å². The van der Waals surface area contributed by atoms with Gasteiger partial charge in [0.1, 0.15) is 11.5 Å². The topological polar surface area (TPSA) is 66.8 Å². The summed E-state index contributed by atoms with van der Waals surface area (Å²) in [7, 11) is 1.47. The number of aliphatic hydroxyl groups excluding tert-OH is 1. The Labute approximate surface area is 205 Å². The van der Waals surface area contributed by atoms with Crippen molar-refractivity contribution in [1.29, 1.82) is 0 Å². The molecule has 0 aromatic heterocycles. The SMILES string of the molecule is COc1ccc(/C(O)=C2/C(=O)C(=O)N(c3cccc(C)c3)C2c2ccc(Cl)c(Cl)c2)cc1Cl. The van der Waals surface area contributed by atoms with Crippen LogP contribution in [0.1, 0.15) is 22.7 Å². The van der Waals surface area contributed by atoms with Crippen molar-refractivity contribution in [2.75, 3.05) is 12.0 Å². The van der Waals surface area contributed by atoms with Gasteiger partial charge in [-0.05, 0) is 60.5 Å². The zero-order valence-corrected chi connectivity index (χ0v) is 19.9. The summed E-state index contributed by atoms with van der Waals surface area (Å²) >= 11 is 18.6. The molecule has 1 aliphatic rings. The van der Waals surface area contributed by atoms with Crippen LogP contribution in [0.3, 0.4) is 0 Å². The average molecular weight is 503 g/mol. The third-order valence-corrected chi connectivity index (χ3v) is 6.44. The Kier molecular flexibility index (Phi) is 6.39. The number of methoxy groups -OCH3 is 1. The maximum Gasteiger partial charge on any atom is 0.300 e. The van der Waals surface area contributed by atoms with Crippen LogP contribution in [0.2, 0.25) is 15.1 Å². The third kappa shape index (κ3) is 4.20. The largest absolute Gasteiger partial charge is 0.507 e. The fourth-order valence-corrected chi connectivity index (χ4v) is 4.41. The van der Waals surface area contributed by atoms with Gasteiger partial charge in [-0.25, -0.2) is 0 Å². The van der Waals surface area contributed by atoms with Gasteiger partial charge < -0.3 is 9.84 Å². The maximum absolute atomic E-state index is 13.2. The highest BCUT2D eigenvalue weighted by Gasteiger charge is 2.47. The number of ether oxygens (including phenoxy) is 1. The van der Waals surface area contributed by atoms with Crippen molar-refractivity contribution in [3.63, 3.8) is 0 Å². The molecule has 4 rings (SSSR count). The van der Waals surface area contributed by atoms with Gasteiger partial charge in [0.05, 0.1) is 33.8 Å². The van der Waals surface area contributed by atoms with Crippen molar-refractivity contribution < 1.29 is 19.4 Å². The number of halogens is 3. The molecule has 33 heavy (non-hydrogen) atoms. The molecule has 0 spiro atoms. The van der Waals surface area contributed by atoms with Crippen molar-refractivity contribution >= 4 is 57.9 Å². The molecule has 1 heterocycles. The van der Waals surface area contributed by atoms with Crippen LogP contribution in [0, 0.1) is 6.92 Å². The summed E-state index contributed by atoms with van der Waals surface area (Å²) in [6.45, 7) is 1.88. The molecule has 1 fully saturated rings. The van der Waals surface area contributed by atoms with Crippen LogP contribution in [0.25, 0.3) is 5.76 Å². The minimum absolute atomic E-state index is 0.0823. The van der Waals surface area contributed by atoms with Crippen LogP contribution in [0.4, 0.5) is 5.69 Å². The number of carbonyl (C=O) groups excluding carboxylic acids is 2. The molecule has 1 amide bonds. The lowest BCUT2D eigenvalue weighted by atomic mass is 9.95. The van der Waals surface area contributed by atoms with E-state index in [4.69, 9.17) is 39.5 Å². The van der Waals surface area contributed by atoms with Crippen molar-refractivity contribution in [3.05, 3.63) is 98.0 Å². The third-order valence-electron chi connectivity index (χ3n) is 5.41. The van der Waals surface area contributed by atoms with Gasteiger partial charge in [-0.15, -0.1) is 0 Å². The van der Waals surface area contributed by atoms with E-state index in [1.54, 1.807) is 48.5 Å². The highest BCUT2D eigenvalue weighted by atomic mass is 35.5. The van der Waals surface area contributed by atoms with Gasteiger partial charge in [0, 0.05) is 11.3 Å². The summed E-state index contributed by atoms with van der Waals surface area (Å²) in [4.78, 5) is 27.8. The van der Waals surface area contributed by atoms with Gasteiger partial charge in [-0.3, -0.25) is 14.5 Å². The summed E-state index contributed by atoms with van der Waals surface area (Å²) in [5.41, 5.74) is 2.13. The molecular formula is C25H18Cl3NO4. The lowest BCUT2D eigenvalue weighted by Gasteiger charge is -2.26. The van der Waals surface area contributed by atoms with Crippen molar-refractivity contribution in [1.82, 2.24) is 0 Å². The number of hydrogen-bond acceptors (Lipinski definition) is 4. The number of ketones is 1. The van der Waals surface area contributed by atoms with Crippen molar-refractivity contribution in [2.45, 2.75) is 13.0 Å². The number of anilines is 1. The van der Waals surface area contributed by atoms with E-state index in [1.807, 2.05) is 13.0 Å². The number of aliphatic hydroxyl groups is 1. The predicted molar refractivity (Wildman–Crippen MR) is 130 cm³/mol. The second-order valence-corrected chi connectivity index (χ2v) is 8.75. The van der Waals surface area contributed by atoms with Crippen LogP contribution < -0.4 is 9.64 Å². The molecule has 0 radical (unpaired) electrons. The van der Waals surface area contributed by atoms with Gasteiger partial charge in [-0.1, -0.05) is 53.0 Å². The molecule has 0 bridgehead atoms. The Balaban J connectivity index is 1.96. The molecule has 0 aliphatic carbocycles. The molecule has 1 aliphatic heterocycles. The van der Waals surface area contributed by atoms with E-state index in [-0.39, 0.29) is 26.9 Å². The number of aryl methyl sites for hydroxylation is 1. The van der Waals surface area contributed by atoms with E-state index in [0.717, 1.165) is 5.56 Å². The van der Waals surface area contributed by atoms with Crippen LogP contribution >= 0.6 is 34.8 Å². The van der Waals surface area contributed by atoms with Crippen LogP contribution in [0.15, 0.2) is 66.2 Å². The molecule has 1 unspecified atom stereocenters. The standard InChI is InChI=1S/C25H18Cl3NO4/c1-13-4-3-5-16(10-13)29-22(14-6-8-17(26)18(27)11-14)21(24(31)25(29)32)23(30)15-7-9-20(33-2)19(28)12-15/h3-12,22,30H,1-2H3/b23-21-. The molecule has 0 saturated carbocycles. The summed E-state index contributed by atoms with van der Waals surface area (Å²) in [6.07, 6.45) is 0. The number of rotatable bonds is 4. The molecule has 3 aromatic carbocycles. The highest BCUT2D eigenvalue weighted by Crippen LogP contribution is 2.44. The zero-order chi connectivity index (χ0) is 23.9. The number of carbonyl (C=O) groups is 2. The first-order valence-electron chi connectivity index (χ1n) is 9.89. The fourth-order valence-electron chi connectivity index (χ4n) is 3.84. The van der Waals surface area contributed by atoms with Gasteiger partial charge in [0.2, 0.25) is 0 Å². The second kappa shape index (κ2) is 9.10. The first-order chi connectivity index (χ1) is 15.7. The predicted octanol–water partition coefficient (Wildman–Crippen LogP) is 6.59. The Morgan fingerprint density at radius 3 is 2.33 bits per heavy atom. The second-order valence-electron chi connectivity index (χ2n) is 7.53. The smallest absolute Gasteiger partial charge is 0.300 e. The molecule has 1 atom stereocenters. The molecule has 3 aromatic rings. The molecule has 1 N–H and O–H groups in total. The summed E-state index contributed by atoms with van der Waals surface area (Å²) in [6, 6.07) is 15.7. The minimum Gasteiger partial charge on any atom is -0.507 e. The lowest BCUT2D eigenvalue weighted by molar-refractivity contribution is -0.132. The monoisotopic (exact) mass is 501 g/mol. The van der Waals surface area contributed by atoms with Crippen LogP contribution in [-0.2, 0) is 9.59 Å². The average Bonchev–Trinajstić information content (AvgIpc) is 3.05. The van der Waals surface area contributed by atoms with E-state index in [9.17, 15) is 14.7 Å². The molecular weight excluding hydrogens is 485 g/mol. The van der Waals surface area contributed by atoms with Crippen LogP contribution in [-0.4, -0.2) is 23.9 Å². The molecule has 8 heteroatoms. The number of benzene rings is 3. The highest BCUT2D eigenvalue weighted by molar-refractivity contribution is 6.52. The number of hydrogen-bond donors (Lipinski definition) is 1. The first-order valence-corrected chi connectivity index (χ1v) is 11.0. The summed E-state index contributed by atoms with van der Waals surface area (Å²) in [5.74, 6) is -1.53. The minimum atomic E-state index is -0.928. The quantitative estimate of drug-likeness (QED) is 0.248. The lowest BCUT2D eigenvalue weighted by Crippen LogP contribution is -2.29. The maximum atomic E-state index is 13.2.